The molecule has 0 fully saturated rings. The Bertz CT molecular complexity index is 799. The predicted molar refractivity (Wildman–Crippen MR) is 99.0 cm³/mol. The van der Waals surface area contributed by atoms with E-state index in [1.54, 1.807) is 12.4 Å². The minimum absolute atomic E-state index is 0.0919. The van der Waals surface area contributed by atoms with Gasteiger partial charge in [-0.15, -0.1) is 0 Å². The first-order chi connectivity index (χ1) is 12.7. The molecule has 1 unspecified atom stereocenters. The van der Waals surface area contributed by atoms with Crippen LogP contribution in [-0.4, -0.2) is 26.7 Å². The van der Waals surface area contributed by atoms with Gasteiger partial charge >= 0.3 is 0 Å². The van der Waals surface area contributed by atoms with Crippen LogP contribution in [0.3, 0.4) is 0 Å². The first-order valence-electron chi connectivity index (χ1n) is 8.65. The second kappa shape index (κ2) is 8.97. The molecule has 0 aliphatic carbocycles. The van der Waals surface area contributed by atoms with Crippen LogP contribution in [-0.2, 0) is 13.0 Å². The second-order valence-electron chi connectivity index (χ2n) is 6.18. The summed E-state index contributed by atoms with van der Waals surface area (Å²) in [6.07, 6.45) is 5.24. The van der Waals surface area contributed by atoms with E-state index in [1.807, 2.05) is 54.6 Å². The number of ether oxygens (including phenoxy) is 1. The van der Waals surface area contributed by atoms with Crippen LogP contribution >= 0.6 is 0 Å². The Morgan fingerprint density at radius 2 is 1.85 bits per heavy atom. The topological polar surface area (TPSA) is 64.3 Å². The van der Waals surface area contributed by atoms with Gasteiger partial charge in [0.05, 0.1) is 12.5 Å². The van der Waals surface area contributed by atoms with Gasteiger partial charge in [-0.3, -0.25) is 9.36 Å². The number of hydrogen-bond donors (Lipinski definition) is 1. The van der Waals surface area contributed by atoms with Crippen LogP contribution in [0.5, 0.6) is 5.75 Å². The van der Waals surface area contributed by atoms with Crippen LogP contribution in [0.15, 0.2) is 73.3 Å². The summed E-state index contributed by atoms with van der Waals surface area (Å²) in [7, 11) is 0. The van der Waals surface area contributed by atoms with Crippen LogP contribution in [0.1, 0.15) is 28.8 Å². The molecule has 0 radical (unpaired) electrons. The molecule has 0 bridgehead atoms. The summed E-state index contributed by atoms with van der Waals surface area (Å²) >= 11 is 0. The highest BCUT2D eigenvalue weighted by molar-refractivity contribution is 5.79. The molecule has 0 saturated carbocycles. The average Bonchev–Trinajstić information content (AvgIpc) is 3.21. The lowest BCUT2D eigenvalue weighted by Crippen LogP contribution is -2.18. The van der Waals surface area contributed by atoms with Crippen LogP contribution in [0.2, 0.25) is 0 Å². The number of aromatic nitrogens is 2. The van der Waals surface area contributed by atoms with Crippen LogP contribution in [0.25, 0.3) is 0 Å². The number of nitrogens with zero attached hydrogens (tertiary/aromatic N) is 2. The van der Waals surface area contributed by atoms with E-state index >= 15 is 0 Å². The molecule has 0 aliphatic rings. The fourth-order valence-corrected chi connectivity index (χ4v) is 2.64. The first kappa shape index (κ1) is 17.9. The van der Waals surface area contributed by atoms with Crippen molar-refractivity contribution in [2.75, 3.05) is 0 Å². The van der Waals surface area contributed by atoms with Crippen molar-refractivity contribution < 1.29 is 14.6 Å². The van der Waals surface area contributed by atoms with Gasteiger partial charge in [-0.2, -0.15) is 0 Å². The molecule has 1 heterocycles. The molecule has 2 aromatic carbocycles. The van der Waals surface area contributed by atoms with E-state index in [2.05, 4.69) is 4.98 Å². The van der Waals surface area contributed by atoms with Crippen molar-refractivity contribution in [3.8, 4) is 5.75 Å². The maximum absolute atomic E-state index is 11.9. The van der Waals surface area contributed by atoms with Gasteiger partial charge < -0.3 is 9.84 Å². The van der Waals surface area contributed by atoms with Crippen molar-refractivity contribution in [2.45, 2.75) is 32.0 Å². The monoisotopic (exact) mass is 350 g/mol. The van der Waals surface area contributed by atoms with Gasteiger partial charge in [-0.1, -0.05) is 42.5 Å². The fourth-order valence-electron chi connectivity index (χ4n) is 2.64. The molecule has 3 rings (SSSR count). The zero-order valence-corrected chi connectivity index (χ0v) is 14.5. The highest BCUT2D eigenvalue weighted by atomic mass is 16.5. The van der Waals surface area contributed by atoms with Crippen molar-refractivity contribution in [3.63, 3.8) is 0 Å². The zero-order valence-electron chi connectivity index (χ0n) is 14.5. The van der Waals surface area contributed by atoms with Crippen molar-refractivity contribution >= 4 is 5.91 Å². The molecule has 0 amide bonds. The molecule has 26 heavy (non-hydrogen) atoms. The van der Waals surface area contributed by atoms with Crippen LogP contribution in [0.4, 0.5) is 0 Å². The van der Waals surface area contributed by atoms with Gasteiger partial charge in [-0.25, -0.2) is 4.98 Å². The first-order valence-corrected chi connectivity index (χ1v) is 8.65. The van der Waals surface area contributed by atoms with Gasteiger partial charge in [0.2, 0.25) is 5.91 Å². The van der Waals surface area contributed by atoms with Gasteiger partial charge in [0.1, 0.15) is 18.7 Å². The largest absolute Gasteiger partial charge is 0.489 e. The van der Waals surface area contributed by atoms with Gasteiger partial charge in [-0.05, 0) is 36.1 Å². The Hall–Kier alpha value is -2.92. The fraction of sp³-hybridized carbons (Fsp3) is 0.238. The lowest BCUT2D eigenvalue weighted by Gasteiger charge is -2.11. The summed E-state index contributed by atoms with van der Waals surface area (Å²) in [5, 5.41) is 10.1. The van der Waals surface area contributed by atoms with E-state index in [1.165, 1.54) is 10.9 Å². The van der Waals surface area contributed by atoms with Crippen molar-refractivity contribution in [2.24, 2.45) is 0 Å². The maximum atomic E-state index is 11.9. The van der Waals surface area contributed by atoms with E-state index in [9.17, 15) is 9.90 Å². The number of rotatable bonds is 8. The normalized spacial score (nSPS) is 11.9. The number of aryl methyl sites for hydroxylation is 1. The lowest BCUT2D eigenvalue weighted by atomic mass is 10.0. The van der Waals surface area contributed by atoms with Crippen molar-refractivity contribution in [1.29, 1.82) is 0 Å². The third kappa shape index (κ3) is 5.29. The number of carbonyl (C=O) groups excluding carboxylic acids is 1. The number of hydrogen-bond acceptors (Lipinski definition) is 4. The molecule has 5 nitrogen and oxygen atoms in total. The summed E-state index contributed by atoms with van der Waals surface area (Å²) < 4.78 is 7.15. The molecule has 1 aromatic heterocycles. The number of imidazole rings is 1. The molecule has 0 spiro atoms. The Balaban J connectivity index is 1.43. The molecule has 3 aromatic rings. The minimum Gasteiger partial charge on any atom is -0.489 e. The summed E-state index contributed by atoms with van der Waals surface area (Å²) in [4.78, 5) is 15.7. The lowest BCUT2D eigenvalue weighted by molar-refractivity contribution is 0.0787. The smallest absolute Gasteiger partial charge is 0.234 e. The molecular weight excluding hydrogens is 328 g/mol. The quantitative estimate of drug-likeness (QED) is 0.675. The highest BCUT2D eigenvalue weighted by Gasteiger charge is 2.12. The molecule has 134 valence electrons. The van der Waals surface area contributed by atoms with E-state index < -0.39 is 6.10 Å². The summed E-state index contributed by atoms with van der Waals surface area (Å²) in [5.41, 5.74) is 2.23. The van der Waals surface area contributed by atoms with Gasteiger partial charge in [0.15, 0.2) is 0 Å². The third-order valence-corrected chi connectivity index (χ3v) is 4.14. The zero-order chi connectivity index (χ0) is 18.2. The van der Waals surface area contributed by atoms with Crippen molar-refractivity contribution in [3.05, 3.63) is 84.4 Å². The van der Waals surface area contributed by atoms with E-state index in [0.717, 1.165) is 16.9 Å². The summed E-state index contributed by atoms with van der Waals surface area (Å²) in [5.74, 6) is 0.660. The average molecular weight is 350 g/mol. The number of carbonyl (C=O) groups is 1. The van der Waals surface area contributed by atoms with E-state index in [4.69, 9.17) is 4.74 Å². The Morgan fingerprint density at radius 1 is 1.08 bits per heavy atom. The van der Waals surface area contributed by atoms with Gasteiger partial charge in [0, 0.05) is 12.4 Å². The third-order valence-electron chi connectivity index (χ3n) is 4.14. The molecule has 0 saturated heterocycles. The number of aliphatic hydroxyl groups is 1. The van der Waals surface area contributed by atoms with Crippen molar-refractivity contribution in [1.82, 2.24) is 9.55 Å². The minimum atomic E-state index is -0.668. The SMILES string of the molecule is O=C(CC(O)CCc1ccc(OCc2ccccc2)cc1)n1ccnc1. The Labute approximate surface area is 152 Å². The van der Waals surface area contributed by atoms with E-state index in [0.29, 0.717) is 19.4 Å². The summed E-state index contributed by atoms with van der Waals surface area (Å²) in [6.45, 7) is 0.537. The van der Waals surface area contributed by atoms with Crippen LogP contribution in [0, 0.1) is 0 Å². The van der Waals surface area contributed by atoms with E-state index in [-0.39, 0.29) is 12.3 Å². The Morgan fingerprint density at radius 3 is 2.54 bits per heavy atom. The predicted octanol–water partition coefficient (Wildman–Crippen LogP) is 3.49. The van der Waals surface area contributed by atoms with Gasteiger partial charge in [0.25, 0.3) is 0 Å². The molecule has 0 aliphatic heterocycles. The van der Waals surface area contributed by atoms with Crippen LogP contribution < -0.4 is 4.74 Å². The Kier molecular flexibility index (Phi) is 6.17. The maximum Gasteiger partial charge on any atom is 0.234 e. The molecule has 1 N–H and O–H groups in total. The summed E-state index contributed by atoms with van der Waals surface area (Å²) in [6, 6.07) is 17.9. The number of aliphatic hydroxyl groups excluding tert-OH is 1. The standard InChI is InChI=1S/C21H22N2O3/c24-19(14-21(25)23-13-12-22-16-23)9-6-17-7-10-20(11-8-17)26-15-18-4-2-1-3-5-18/h1-5,7-8,10-13,16,19,24H,6,9,14-15H2. The molecule has 5 heteroatoms. The molecular formula is C21H22N2O3. The number of benzene rings is 2. The highest BCUT2D eigenvalue weighted by Crippen LogP contribution is 2.16. The molecule has 1 atom stereocenters. The second-order valence-corrected chi connectivity index (χ2v) is 6.18.